The second kappa shape index (κ2) is 8.33. The number of aromatic nitrogens is 1. The molecule has 3 nitrogen and oxygen atoms in total. The van der Waals surface area contributed by atoms with E-state index in [2.05, 4.69) is 15.2 Å². The van der Waals surface area contributed by atoms with E-state index in [1.807, 2.05) is 18.3 Å². The Morgan fingerprint density at radius 1 is 1.29 bits per heavy atom. The second-order valence-corrected chi connectivity index (χ2v) is 6.56. The van der Waals surface area contributed by atoms with Gasteiger partial charge in [-0.2, -0.15) is 0 Å². The van der Waals surface area contributed by atoms with Crippen LogP contribution in [0.5, 0.6) is 0 Å². The van der Waals surface area contributed by atoms with E-state index >= 15 is 0 Å². The normalized spacial score (nSPS) is 24.5. The Bertz CT molecular complexity index is 427. The average molecular weight is 330 g/mol. The predicted octanol–water partition coefficient (Wildman–Crippen LogP) is 3.34. The smallest absolute Gasteiger partial charge is 0.0624 e. The van der Waals surface area contributed by atoms with Gasteiger partial charge in [0, 0.05) is 18.7 Å². The van der Waals surface area contributed by atoms with Gasteiger partial charge in [0.2, 0.25) is 0 Å². The molecule has 118 valence electrons. The third-order valence-electron chi connectivity index (χ3n) is 4.68. The monoisotopic (exact) mass is 329 g/mol. The molecule has 5 heteroatoms. The zero-order valence-corrected chi connectivity index (χ0v) is 14.0. The number of likely N-dealkylation sites (tertiary alicyclic amines) is 1. The van der Waals surface area contributed by atoms with Gasteiger partial charge < -0.3 is 10.2 Å². The number of hydrogen-bond acceptors (Lipinski definition) is 3. The SMILES string of the molecule is Cl.Clc1cccnc1C1CCN(CC2CCCNC2)CC1. The standard InChI is InChI=1S/C16H24ClN3.ClH/c17-15-4-2-8-19-16(15)14-5-9-20(10-6-14)12-13-3-1-7-18-11-13;/h2,4,8,13-14,18H,1,3,5-7,9-12H2;1H. The first kappa shape index (κ1) is 17.0. The van der Waals surface area contributed by atoms with E-state index in [0.29, 0.717) is 5.92 Å². The summed E-state index contributed by atoms with van der Waals surface area (Å²) < 4.78 is 0. The molecule has 0 radical (unpaired) electrons. The van der Waals surface area contributed by atoms with Crippen molar-refractivity contribution in [3.8, 4) is 0 Å². The van der Waals surface area contributed by atoms with Gasteiger partial charge in [0.05, 0.1) is 10.7 Å². The summed E-state index contributed by atoms with van der Waals surface area (Å²) in [4.78, 5) is 7.11. The van der Waals surface area contributed by atoms with E-state index < -0.39 is 0 Å². The lowest BCUT2D eigenvalue weighted by Gasteiger charge is -2.35. The second-order valence-electron chi connectivity index (χ2n) is 6.16. The molecule has 3 heterocycles. The average Bonchev–Trinajstić information content (AvgIpc) is 2.50. The molecule has 3 rings (SSSR count). The first-order chi connectivity index (χ1) is 9.83. The fraction of sp³-hybridized carbons (Fsp3) is 0.688. The van der Waals surface area contributed by atoms with Gasteiger partial charge in [-0.15, -0.1) is 12.4 Å². The maximum absolute atomic E-state index is 6.27. The minimum atomic E-state index is 0. The van der Waals surface area contributed by atoms with Gasteiger partial charge in [-0.3, -0.25) is 4.98 Å². The van der Waals surface area contributed by atoms with Crippen molar-refractivity contribution >= 4 is 24.0 Å². The molecule has 0 saturated carbocycles. The van der Waals surface area contributed by atoms with E-state index in [1.165, 1.54) is 58.4 Å². The molecule has 0 aliphatic carbocycles. The summed E-state index contributed by atoms with van der Waals surface area (Å²) in [5.74, 6) is 1.39. The summed E-state index contributed by atoms with van der Waals surface area (Å²) in [6.45, 7) is 6.04. The van der Waals surface area contributed by atoms with Crippen LogP contribution in [-0.4, -0.2) is 42.6 Å². The molecule has 0 spiro atoms. The minimum Gasteiger partial charge on any atom is -0.316 e. The van der Waals surface area contributed by atoms with Crippen LogP contribution in [0.3, 0.4) is 0 Å². The highest BCUT2D eigenvalue weighted by Crippen LogP contribution is 2.31. The number of rotatable bonds is 3. The molecular formula is C16H25Cl2N3. The van der Waals surface area contributed by atoms with Crippen molar-refractivity contribution in [3.63, 3.8) is 0 Å². The molecule has 0 bridgehead atoms. The van der Waals surface area contributed by atoms with Crippen LogP contribution in [0, 0.1) is 5.92 Å². The number of piperidine rings is 2. The van der Waals surface area contributed by atoms with E-state index in [0.717, 1.165) is 16.6 Å². The maximum Gasteiger partial charge on any atom is 0.0624 e. The number of nitrogens with one attached hydrogen (secondary N) is 1. The van der Waals surface area contributed by atoms with Crippen molar-refractivity contribution in [1.82, 2.24) is 15.2 Å². The third kappa shape index (κ3) is 4.56. The van der Waals surface area contributed by atoms with Crippen LogP contribution in [0.15, 0.2) is 18.3 Å². The van der Waals surface area contributed by atoms with Crippen molar-refractivity contribution in [2.45, 2.75) is 31.6 Å². The molecule has 1 atom stereocenters. The molecule has 1 N–H and O–H groups in total. The lowest BCUT2D eigenvalue weighted by atomic mass is 9.91. The van der Waals surface area contributed by atoms with Crippen molar-refractivity contribution < 1.29 is 0 Å². The van der Waals surface area contributed by atoms with Gasteiger partial charge in [-0.25, -0.2) is 0 Å². The predicted molar refractivity (Wildman–Crippen MR) is 90.5 cm³/mol. The number of nitrogens with zero attached hydrogens (tertiary/aromatic N) is 2. The van der Waals surface area contributed by atoms with Crippen LogP contribution in [-0.2, 0) is 0 Å². The lowest BCUT2D eigenvalue weighted by Crippen LogP contribution is -2.41. The Labute approximate surface area is 138 Å². The first-order valence-corrected chi connectivity index (χ1v) is 8.24. The van der Waals surface area contributed by atoms with Gasteiger partial charge >= 0.3 is 0 Å². The van der Waals surface area contributed by atoms with Crippen LogP contribution in [0.1, 0.15) is 37.3 Å². The molecule has 0 aromatic carbocycles. The molecule has 21 heavy (non-hydrogen) atoms. The molecule has 2 saturated heterocycles. The maximum atomic E-state index is 6.27. The molecule has 2 aliphatic heterocycles. The van der Waals surface area contributed by atoms with Gasteiger partial charge in [-0.1, -0.05) is 11.6 Å². The Morgan fingerprint density at radius 2 is 2.10 bits per heavy atom. The van der Waals surface area contributed by atoms with E-state index in [9.17, 15) is 0 Å². The molecule has 1 aromatic rings. The summed E-state index contributed by atoms with van der Waals surface area (Å²) in [6, 6.07) is 3.88. The number of pyridine rings is 1. The highest BCUT2D eigenvalue weighted by Gasteiger charge is 2.25. The summed E-state index contributed by atoms with van der Waals surface area (Å²) >= 11 is 6.27. The van der Waals surface area contributed by atoms with Gasteiger partial charge in [-0.05, 0) is 69.9 Å². The van der Waals surface area contributed by atoms with Gasteiger partial charge in [0.1, 0.15) is 0 Å². The zero-order chi connectivity index (χ0) is 13.8. The number of halogens is 2. The van der Waals surface area contributed by atoms with Crippen LogP contribution in [0.4, 0.5) is 0 Å². The van der Waals surface area contributed by atoms with Crippen molar-refractivity contribution in [2.24, 2.45) is 5.92 Å². The highest BCUT2D eigenvalue weighted by molar-refractivity contribution is 6.31. The largest absolute Gasteiger partial charge is 0.316 e. The molecular weight excluding hydrogens is 305 g/mol. The highest BCUT2D eigenvalue weighted by atomic mass is 35.5. The summed E-state index contributed by atoms with van der Waals surface area (Å²) in [6.07, 6.45) is 6.97. The fourth-order valence-electron chi connectivity index (χ4n) is 3.53. The van der Waals surface area contributed by atoms with Crippen LogP contribution in [0.2, 0.25) is 5.02 Å². The molecule has 1 aromatic heterocycles. The van der Waals surface area contributed by atoms with Crippen molar-refractivity contribution in [3.05, 3.63) is 29.0 Å². The number of hydrogen-bond donors (Lipinski definition) is 1. The van der Waals surface area contributed by atoms with E-state index in [1.54, 1.807) is 0 Å². The van der Waals surface area contributed by atoms with Crippen LogP contribution >= 0.6 is 24.0 Å². The molecule has 1 unspecified atom stereocenters. The fourth-order valence-corrected chi connectivity index (χ4v) is 3.81. The lowest BCUT2D eigenvalue weighted by molar-refractivity contribution is 0.168. The van der Waals surface area contributed by atoms with E-state index in [-0.39, 0.29) is 12.4 Å². The Balaban J connectivity index is 0.00000161. The summed E-state index contributed by atoms with van der Waals surface area (Å²) in [7, 11) is 0. The van der Waals surface area contributed by atoms with E-state index in [4.69, 9.17) is 11.6 Å². The van der Waals surface area contributed by atoms with Gasteiger partial charge in [0.15, 0.2) is 0 Å². The summed E-state index contributed by atoms with van der Waals surface area (Å²) in [5.41, 5.74) is 1.10. The van der Waals surface area contributed by atoms with Crippen molar-refractivity contribution in [2.75, 3.05) is 32.7 Å². The minimum absolute atomic E-state index is 0. The third-order valence-corrected chi connectivity index (χ3v) is 5.00. The molecule has 0 amide bonds. The Morgan fingerprint density at radius 3 is 2.76 bits per heavy atom. The quantitative estimate of drug-likeness (QED) is 0.921. The van der Waals surface area contributed by atoms with Crippen molar-refractivity contribution in [1.29, 1.82) is 0 Å². The Kier molecular flexibility index (Phi) is 6.74. The summed E-state index contributed by atoms with van der Waals surface area (Å²) in [5, 5.41) is 4.35. The zero-order valence-electron chi connectivity index (χ0n) is 12.4. The van der Waals surface area contributed by atoms with Crippen LogP contribution < -0.4 is 5.32 Å². The van der Waals surface area contributed by atoms with Gasteiger partial charge in [0.25, 0.3) is 0 Å². The first-order valence-electron chi connectivity index (χ1n) is 7.86. The Hall–Kier alpha value is -0.350. The molecule has 2 fully saturated rings. The topological polar surface area (TPSA) is 28.2 Å². The molecule has 2 aliphatic rings. The van der Waals surface area contributed by atoms with Crippen LogP contribution in [0.25, 0.3) is 0 Å².